The average molecular weight is 195 g/mol. The smallest absolute Gasteiger partial charge is 0.235 e. The van der Waals surface area contributed by atoms with E-state index < -0.39 is 12.0 Å². The van der Waals surface area contributed by atoms with E-state index in [9.17, 15) is 14.7 Å². The molecule has 4 heteroatoms. The summed E-state index contributed by atoms with van der Waals surface area (Å²) in [6.45, 7) is 1.87. The lowest BCUT2D eigenvalue weighted by Crippen LogP contribution is -2.33. The second kappa shape index (κ2) is 2.92. The van der Waals surface area contributed by atoms with Gasteiger partial charge in [0, 0.05) is 7.05 Å². The van der Waals surface area contributed by atoms with Crippen molar-refractivity contribution in [2.75, 3.05) is 7.05 Å². The molecule has 2 aliphatic rings. The molecule has 1 fully saturated rings. The SMILES string of the molecule is CC1=CC(O)C2C(=O)N(C)C(=O)C2C1. The number of fused-ring (bicyclic) bond motifs is 1. The van der Waals surface area contributed by atoms with Crippen LogP contribution in [0.5, 0.6) is 0 Å². The molecule has 0 bridgehead atoms. The van der Waals surface area contributed by atoms with Crippen molar-refractivity contribution >= 4 is 11.8 Å². The van der Waals surface area contributed by atoms with Crippen molar-refractivity contribution in [3.05, 3.63) is 11.6 Å². The lowest BCUT2D eigenvalue weighted by atomic mass is 9.80. The Morgan fingerprint density at radius 2 is 2.07 bits per heavy atom. The molecule has 1 aliphatic carbocycles. The number of hydrogen-bond acceptors (Lipinski definition) is 3. The number of carbonyl (C=O) groups excluding carboxylic acids is 2. The van der Waals surface area contributed by atoms with Crippen molar-refractivity contribution in [1.82, 2.24) is 4.90 Å². The van der Waals surface area contributed by atoms with Gasteiger partial charge in [0.05, 0.1) is 17.9 Å². The third-order valence-electron chi connectivity index (χ3n) is 3.06. The minimum atomic E-state index is -0.796. The van der Waals surface area contributed by atoms with Crippen LogP contribution in [0.2, 0.25) is 0 Å². The molecule has 1 aliphatic heterocycles. The van der Waals surface area contributed by atoms with Crippen LogP contribution in [-0.2, 0) is 9.59 Å². The van der Waals surface area contributed by atoms with Gasteiger partial charge in [0.1, 0.15) is 0 Å². The summed E-state index contributed by atoms with van der Waals surface area (Å²) < 4.78 is 0. The lowest BCUT2D eigenvalue weighted by Gasteiger charge is -2.24. The molecule has 0 aromatic heterocycles. The molecule has 0 aromatic carbocycles. The van der Waals surface area contributed by atoms with Gasteiger partial charge in [0.2, 0.25) is 11.8 Å². The van der Waals surface area contributed by atoms with E-state index in [1.54, 1.807) is 6.08 Å². The van der Waals surface area contributed by atoms with E-state index in [-0.39, 0.29) is 17.7 Å². The summed E-state index contributed by atoms with van der Waals surface area (Å²) in [5.74, 6) is -1.30. The zero-order valence-electron chi connectivity index (χ0n) is 8.23. The highest BCUT2D eigenvalue weighted by Gasteiger charge is 2.50. The summed E-state index contributed by atoms with van der Waals surface area (Å²) in [5, 5.41) is 9.68. The Morgan fingerprint density at radius 1 is 1.43 bits per heavy atom. The molecule has 2 rings (SSSR count). The predicted molar refractivity (Wildman–Crippen MR) is 49.1 cm³/mol. The van der Waals surface area contributed by atoms with Crippen molar-refractivity contribution in [1.29, 1.82) is 0 Å². The molecular weight excluding hydrogens is 182 g/mol. The highest BCUT2D eigenvalue weighted by atomic mass is 16.3. The van der Waals surface area contributed by atoms with Crippen molar-refractivity contribution in [3.63, 3.8) is 0 Å². The highest BCUT2D eigenvalue weighted by Crippen LogP contribution is 2.36. The average Bonchev–Trinajstić information content (AvgIpc) is 2.31. The third-order valence-corrected chi connectivity index (χ3v) is 3.06. The van der Waals surface area contributed by atoms with Crippen LogP contribution < -0.4 is 0 Å². The van der Waals surface area contributed by atoms with Crippen molar-refractivity contribution in [2.24, 2.45) is 11.8 Å². The van der Waals surface area contributed by atoms with Gasteiger partial charge in [-0.15, -0.1) is 0 Å². The summed E-state index contributed by atoms with van der Waals surface area (Å²) in [7, 11) is 1.48. The first-order valence-corrected chi connectivity index (χ1v) is 4.69. The van der Waals surface area contributed by atoms with Gasteiger partial charge in [0.25, 0.3) is 0 Å². The largest absolute Gasteiger partial charge is 0.388 e. The van der Waals surface area contributed by atoms with Crippen molar-refractivity contribution in [2.45, 2.75) is 19.4 Å². The Kier molecular flexibility index (Phi) is 1.96. The standard InChI is InChI=1S/C10H13NO3/c1-5-3-6-8(7(12)4-5)10(14)11(2)9(6)13/h4,6-8,12H,3H2,1-2H3. The molecule has 0 spiro atoms. The van der Waals surface area contributed by atoms with E-state index in [1.807, 2.05) is 6.92 Å². The van der Waals surface area contributed by atoms with Gasteiger partial charge in [-0.3, -0.25) is 14.5 Å². The number of rotatable bonds is 0. The summed E-state index contributed by atoms with van der Waals surface area (Å²) in [5.41, 5.74) is 0.982. The van der Waals surface area contributed by atoms with Gasteiger partial charge in [-0.25, -0.2) is 0 Å². The molecule has 0 radical (unpaired) electrons. The van der Waals surface area contributed by atoms with Gasteiger partial charge in [0.15, 0.2) is 0 Å². The zero-order chi connectivity index (χ0) is 10.5. The summed E-state index contributed by atoms with van der Waals surface area (Å²) in [6.07, 6.45) is 1.47. The number of hydrogen-bond donors (Lipinski definition) is 1. The minimum absolute atomic E-state index is 0.161. The fourth-order valence-corrected chi connectivity index (χ4v) is 2.32. The molecule has 0 aromatic rings. The molecule has 14 heavy (non-hydrogen) atoms. The van der Waals surface area contributed by atoms with Crippen molar-refractivity contribution < 1.29 is 14.7 Å². The van der Waals surface area contributed by atoms with Crippen LogP contribution >= 0.6 is 0 Å². The number of aliphatic hydroxyl groups is 1. The van der Waals surface area contributed by atoms with Crippen LogP contribution in [0, 0.1) is 11.8 Å². The maximum Gasteiger partial charge on any atom is 0.235 e. The Bertz CT molecular complexity index is 334. The predicted octanol–water partition coefficient (Wildman–Crippen LogP) is -0.0717. The number of aliphatic hydroxyl groups excluding tert-OH is 1. The molecular formula is C10H13NO3. The molecule has 4 nitrogen and oxygen atoms in total. The first-order chi connectivity index (χ1) is 6.52. The molecule has 1 heterocycles. The maximum atomic E-state index is 11.6. The number of amides is 2. The van der Waals surface area contributed by atoms with Crippen LogP contribution in [0.3, 0.4) is 0 Å². The first kappa shape index (κ1) is 9.40. The van der Waals surface area contributed by atoms with Gasteiger partial charge in [-0.05, 0) is 13.3 Å². The molecule has 1 saturated heterocycles. The fraction of sp³-hybridized carbons (Fsp3) is 0.600. The maximum absolute atomic E-state index is 11.6. The van der Waals surface area contributed by atoms with Gasteiger partial charge in [-0.1, -0.05) is 11.6 Å². The van der Waals surface area contributed by atoms with E-state index >= 15 is 0 Å². The number of imide groups is 1. The molecule has 1 N–H and O–H groups in total. The highest BCUT2D eigenvalue weighted by molar-refractivity contribution is 6.05. The van der Waals surface area contributed by atoms with Gasteiger partial charge >= 0.3 is 0 Å². The lowest BCUT2D eigenvalue weighted by molar-refractivity contribution is -0.138. The molecule has 3 unspecified atom stereocenters. The Morgan fingerprint density at radius 3 is 2.71 bits per heavy atom. The van der Waals surface area contributed by atoms with Crippen LogP contribution in [0.15, 0.2) is 11.6 Å². The van der Waals surface area contributed by atoms with Crippen LogP contribution in [0.4, 0.5) is 0 Å². The van der Waals surface area contributed by atoms with Crippen LogP contribution in [-0.4, -0.2) is 35.0 Å². The van der Waals surface area contributed by atoms with E-state index in [1.165, 1.54) is 7.05 Å². The number of carbonyl (C=O) groups is 2. The monoisotopic (exact) mass is 195 g/mol. The second-order valence-corrected chi connectivity index (χ2v) is 4.08. The summed E-state index contributed by atoms with van der Waals surface area (Å²) in [6, 6.07) is 0. The van der Waals surface area contributed by atoms with E-state index in [0.29, 0.717) is 6.42 Å². The minimum Gasteiger partial charge on any atom is -0.388 e. The normalized spacial score (nSPS) is 37.2. The Labute approximate surface area is 82.2 Å². The summed E-state index contributed by atoms with van der Waals surface area (Å²) in [4.78, 5) is 24.3. The number of nitrogens with zero attached hydrogens (tertiary/aromatic N) is 1. The summed E-state index contributed by atoms with van der Waals surface area (Å²) >= 11 is 0. The van der Waals surface area contributed by atoms with Crippen LogP contribution in [0.25, 0.3) is 0 Å². The number of likely N-dealkylation sites (tertiary alicyclic amines) is 1. The van der Waals surface area contributed by atoms with E-state index in [2.05, 4.69) is 0 Å². The Balaban J connectivity index is 2.37. The first-order valence-electron chi connectivity index (χ1n) is 4.69. The molecule has 0 saturated carbocycles. The van der Waals surface area contributed by atoms with E-state index in [4.69, 9.17) is 0 Å². The Hall–Kier alpha value is -1.16. The third kappa shape index (κ3) is 1.10. The van der Waals surface area contributed by atoms with Crippen LogP contribution in [0.1, 0.15) is 13.3 Å². The zero-order valence-corrected chi connectivity index (χ0v) is 8.23. The van der Waals surface area contributed by atoms with Gasteiger partial charge in [-0.2, -0.15) is 0 Å². The molecule has 76 valence electrons. The molecule has 2 amide bonds. The van der Waals surface area contributed by atoms with E-state index in [0.717, 1.165) is 10.5 Å². The quantitative estimate of drug-likeness (QED) is 0.435. The van der Waals surface area contributed by atoms with Gasteiger partial charge < -0.3 is 5.11 Å². The molecule has 3 atom stereocenters. The topological polar surface area (TPSA) is 57.6 Å². The number of allylic oxidation sites excluding steroid dienone is 1. The fourth-order valence-electron chi connectivity index (χ4n) is 2.32. The second-order valence-electron chi connectivity index (χ2n) is 4.08. The van der Waals surface area contributed by atoms with Crippen molar-refractivity contribution in [3.8, 4) is 0 Å².